The Labute approximate surface area is 198 Å². The summed E-state index contributed by atoms with van der Waals surface area (Å²) in [6.07, 6.45) is 11.3. The van der Waals surface area contributed by atoms with E-state index >= 15 is 0 Å². The van der Waals surface area contributed by atoms with Crippen LogP contribution in [0, 0.1) is 5.92 Å². The zero-order valence-corrected chi connectivity index (χ0v) is 19.4. The van der Waals surface area contributed by atoms with E-state index in [0.717, 1.165) is 12.1 Å². The highest BCUT2D eigenvalue weighted by Crippen LogP contribution is 2.27. The van der Waals surface area contributed by atoms with Gasteiger partial charge in [0.15, 0.2) is 0 Å². The average molecular weight is 465 g/mol. The molecule has 3 heterocycles. The molecule has 5 rings (SSSR count). The molecule has 34 heavy (non-hydrogen) atoms. The number of nitrogens with two attached hydrogens (primary N) is 1. The van der Waals surface area contributed by atoms with E-state index in [1.807, 2.05) is 40.0 Å². The summed E-state index contributed by atoms with van der Waals surface area (Å²) in [5.41, 5.74) is 7.27. The second-order valence-corrected chi connectivity index (χ2v) is 9.67. The average Bonchev–Trinajstić information content (AvgIpc) is 3.42. The van der Waals surface area contributed by atoms with Gasteiger partial charge in [0.1, 0.15) is 6.54 Å². The molecule has 0 unspecified atom stereocenters. The van der Waals surface area contributed by atoms with Crippen LogP contribution in [-0.2, 0) is 17.9 Å². The van der Waals surface area contributed by atoms with Crippen molar-refractivity contribution >= 4 is 22.8 Å². The van der Waals surface area contributed by atoms with Crippen molar-refractivity contribution in [1.82, 2.24) is 23.8 Å². The van der Waals surface area contributed by atoms with Gasteiger partial charge in [-0.2, -0.15) is 5.10 Å². The largest absolute Gasteiger partial charge is 0.368 e. The number of hydrogen-bond acceptors (Lipinski definition) is 4. The van der Waals surface area contributed by atoms with Crippen molar-refractivity contribution in [2.24, 2.45) is 11.7 Å². The van der Waals surface area contributed by atoms with Crippen molar-refractivity contribution in [2.45, 2.75) is 64.1 Å². The smallest absolute Gasteiger partial charge is 0.329 e. The minimum Gasteiger partial charge on any atom is -0.368 e. The van der Waals surface area contributed by atoms with Crippen molar-refractivity contribution in [3.63, 3.8) is 0 Å². The van der Waals surface area contributed by atoms with Crippen LogP contribution in [-0.4, -0.2) is 48.7 Å². The summed E-state index contributed by atoms with van der Waals surface area (Å²) in [4.78, 5) is 39.6. The summed E-state index contributed by atoms with van der Waals surface area (Å²) < 4.78 is 5.13. The number of rotatable bonds is 6. The van der Waals surface area contributed by atoms with Crippen LogP contribution in [0.1, 0.15) is 61.3 Å². The number of likely N-dealkylation sites (tertiary alicyclic amines) is 1. The minimum absolute atomic E-state index is 0.00292. The Bertz CT molecular complexity index is 1240. The Morgan fingerprint density at radius 1 is 1.00 bits per heavy atom. The standard InChI is InChI=1S/C25H32N6O3/c26-23(32)17-30-21-8-4-5-9-22(21)31(25(30)34)20-10-12-28(13-11-20)24(33)19-14-27-29(16-19)15-18-6-2-1-3-7-18/h4-5,8-9,14,16,18,20H,1-3,6-7,10-13,15,17H2,(H2,26,32). The number of benzene rings is 1. The van der Waals surface area contributed by atoms with E-state index < -0.39 is 5.91 Å². The third-order valence-electron chi connectivity index (χ3n) is 7.35. The van der Waals surface area contributed by atoms with Gasteiger partial charge in [0.05, 0.1) is 22.8 Å². The van der Waals surface area contributed by atoms with Gasteiger partial charge in [-0.3, -0.25) is 23.4 Å². The predicted octanol–water partition coefficient (Wildman–Crippen LogP) is 2.54. The van der Waals surface area contributed by atoms with Gasteiger partial charge in [-0.15, -0.1) is 0 Å². The lowest BCUT2D eigenvalue weighted by Crippen LogP contribution is -2.41. The molecule has 3 aromatic rings. The lowest BCUT2D eigenvalue weighted by Gasteiger charge is -2.32. The van der Waals surface area contributed by atoms with Crippen LogP contribution in [0.2, 0.25) is 0 Å². The Kier molecular flexibility index (Phi) is 6.26. The molecule has 2 fully saturated rings. The van der Waals surface area contributed by atoms with Crippen molar-refractivity contribution in [1.29, 1.82) is 0 Å². The quantitative estimate of drug-likeness (QED) is 0.605. The van der Waals surface area contributed by atoms with Gasteiger partial charge < -0.3 is 10.6 Å². The fraction of sp³-hybridized carbons (Fsp3) is 0.520. The highest BCUT2D eigenvalue weighted by atomic mass is 16.2. The summed E-state index contributed by atoms with van der Waals surface area (Å²) in [5.74, 6) is 0.105. The lowest BCUT2D eigenvalue weighted by atomic mass is 9.89. The van der Waals surface area contributed by atoms with E-state index in [1.165, 1.54) is 36.7 Å². The summed E-state index contributed by atoms with van der Waals surface area (Å²) in [5, 5.41) is 4.44. The monoisotopic (exact) mass is 464 g/mol. The molecule has 1 saturated carbocycles. The Morgan fingerprint density at radius 3 is 2.41 bits per heavy atom. The molecule has 1 saturated heterocycles. The molecule has 2 aromatic heterocycles. The molecule has 0 spiro atoms. The first-order valence-electron chi connectivity index (χ1n) is 12.3. The van der Waals surface area contributed by atoms with Crippen LogP contribution in [0.4, 0.5) is 0 Å². The second kappa shape index (κ2) is 9.48. The normalized spacial score (nSPS) is 17.9. The van der Waals surface area contributed by atoms with Crippen molar-refractivity contribution in [3.8, 4) is 0 Å². The van der Waals surface area contributed by atoms with Gasteiger partial charge in [-0.1, -0.05) is 31.4 Å². The number of imidazole rings is 1. The van der Waals surface area contributed by atoms with E-state index in [-0.39, 0.29) is 24.2 Å². The SMILES string of the molecule is NC(=O)Cn1c(=O)n(C2CCN(C(=O)c3cnn(CC4CCCCC4)c3)CC2)c2ccccc21. The Morgan fingerprint density at radius 2 is 1.71 bits per heavy atom. The number of piperidine rings is 1. The number of nitrogens with zero attached hydrogens (tertiary/aromatic N) is 5. The third kappa shape index (κ3) is 4.38. The molecular weight excluding hydrogens is 432 g/mol. The first-order chi connectivity index (χ1) is 16.5. The van der Waals surface area contributed by atoms with Gasteiger partial charge in [0.25, 0.3) is 5.91 Å². The first-order valence-corrected chi connectivity index (χ1v) is 12.3. The predicted molar refractivity (Wildman–Crippen MR) is 128 cm³/mol. The number of primary amides is 1. The van der Waals surface area contributed by atoms with Crippen LogP contribution in [0.15, 0.2) is 41.5 Å². The maximum atomic E-state index is 13.2. The molecule has 9 heteroatoms. The summed E-state index contributed by atoms with van der Waals surface area (Å²) >= 11 is 0. The molecule has 2 aliphatic rings. The van der Waals surface area contributed by atoms with Crippen LogP contribution < -0.4 is 11.4 Å². The number of hydrogen-bond donors (Lipinski definition) is 1. The highest BCUT2D eigenvalue weighted by molar-refractivity contribution is 5.93. The maximum absolute atomic E-state index is 13.2. The zero-order chi connectivity index (χ0) is 23.7. The van der Waals surface area contributed by atoms with E-state index in [9.17, 15) is 14.4 Å². The van der Waals surface area contributed by atoms with Gasteiger partial charge in [-0.25, -0.2) is 4.79 Å². The molecule has 2 N–H and O–H groups in total. The number of amides is 2. The minimum atomic E-state index is -0.547. The third-order valence-corrected chi connectivity index (χ3v) is 7.35. The van der Waals surface area contributed by atoms with Gasteiger partial charge in [0.2, 0.25) is 5.91 Å². The number of aromatic nitrogens is 4. The number of carbonyl (C=O) groups is 2. The molecular formula is C25H32N6O3. The Balaban J connectivity index is 1.27. The van der Waals surface area contributed by atoms with Crippen molar-refractivity contribution in [2.75, 3.05) is 13.1 Å². The summed E-state index contributed by atoms with van der Waals surface area (Å²) in [6.45, 7) is 1.88. The van der Waals surface area contributed by atoms with E-state index in [1.54, 1.807) is 10.8 Å². The van der Waals surface area contributed by atoms with Crippen molar-refractivity contribution < 1.29 is 9.59 Å². The molecule has 0 bridgehead atoms. The summed E-state index contributed by atoms with van der Waals surface area (Å²) in [7, 11) is 0. The van der Waals surface area contributed by atoms with Gasteiger partial charge in [0, 0.05) is 31.9 Å². The summed E-state index contributed by atoms with van der Waals surface area (Å²) in [6, 6.07) is 7.42. The van der Waals surface area contributed by atoms with Gasteiger partial charge in [-0.05, 0) is 43.7 Å². The molecule has 1 aromatic carbocycles. The van der Waals surface area contributed by atoms with E-state index in [0.29, 0.717) is 42.9 Å². The molecule has 1 aliphatic heterocycles. The number of para-hydroxylation sites is 2. The fourth-order valence-electron chi connectivity index (χ4n) is 5.61. The number of carbonyl (C=O) groups excluding carboxylic acids is 2. The van der Waals surface area contributed by atoms with Crippen molar-refractivity contribution in [3.05, 3.63) is 52.7 Å². The zero-order valence-electron chi connectivity index (χ0n) is 19.4. The topological polar surface area (TPSA) is 108 Å². The number of fused-ring (bicyclic) bond motifs is 1. The fourth-order valence-corrected chi connectivity index (χ4v) is 5.61. The van der Waals surface area contributed by atoms with Crippen LogP contribution in [0.3, 0.4) is 0 Å². The Hall–Kier alpha value is -3.36. The van der Waals surface area contributed by atoms with E-state index in [4.69, 9.17) is 5.73 Å². The van der Waals surface area contributed by atoms with Crippen LogP contribution in [0.25, 0.3) is 11.0 Å². The second-order valence-electron chi connectivity index (χ2n) is 9.67. The van der Waals surface area contributed by atoms with Crippen LogP contribution >= 0.6 is 0 Å². The lowest BCUT2D eigenvalue weighted by molar-refractivity contribution is -0.118. The maximum Gasteiger partial charge on any atom is 0.329 e. The molecule has 2 amide bonds. The molecule has 9 nitrogen and oxygen atoms in total. The van der Waals surface area contributed by atoms with E-state index in [2.05, 4.69) is 5.10 Å². The molecule has 0 radical (unpaired) electrons. The molecule has 0 atom stereocenters. The highest BCUT2D eigenvalue weighted by Gasteiger charge is 2.28. The van der Waals surface area contributed by atoms with Crippen LogP contribution in [0.5, 0.6) is 0 Å². The molecule has 1 aliphatic carbocycles. The molecule has 180 valence electrons. The van der Waals surface area contributed by atoms with Gasteiger partial charge >= 0.3 is 5.69 Å². The first kappa shape index (κ1) is 22.4.